The standard InChI is InChI=1S/C20H17ClN4OS/c1-13(25-19-18-16(21)11-27-20(18)24-12-23-19)17-8-7-15(9-22-17)26-10-14-5-3-2-4-6-14/h2-9,11-13H,10H2,1H3,(H,23,24,25). The maximum absolute atomic E-state index is 6.27. The number of ether oxygens (including phenoxy) is 1. The van der Waals surface area contributed by atoms with E-state index < -0.39 is 0 Å². The molecule has 7 heteroatoms. The van der Waals surface area contributed by atoms with Crippen molar-refractivity contribution in [2.75, 3.05) is 5.32 Å². The summed E-state index contributed by atoms with van der Waals surface area (Å²) in [5.41, 5.74) is 2.01. The average molecular weight is 397 g/mol. The topological polar surface area (TPSA) is 59.9 Å². The maximum atomic E-state index is 6.27. The van der Waals surface area contributed by atoms with Crippen LogP contribution in [0.1, 0.15) is 24.2 Å². The summed E-state index contributed by atoms with van der Waals surface area (Å²) in [5, 5.41) is 6.74. The van der Waals surface area contributed by atoms with Crippen molar-refractivity contribution in [3.63, 3.8) is 0 Å². The van der Waals surface area contributed by atoms with Crippen molar-refractivity contribution in [2.45, 2.75) is 19.6 Å². The summed E-state index contributed by atoms with van der Waals surface area (Å²) >= 11 is 7.77. The Kier molecular flexibility index (Phi) is 5.18. The minimum atomic E-state index is -0.0396. The van der Waals surface area contributed by atoms with Gasteiger partial charge in [-0.1, -0.05) is 41.9 Å². The molecule has 5 nitrogen and oxygen atoms in total. The summed E-state index contributed by atoms with van der Waals surface area (Å²) in [5.74, 6) is 1.45. The van der Waals surface area contributed by atoms with Gasteiger partial charge in [0, 0.05) is 5.38 Å². The van der Waals surface area contributed by atoms with Crippen molar-refractivity contribution >= 4 is 39.0 Å². The second kappa shape index (κ2) is 7.90. The average Bonchev–Trinajstić information content (AvgIpc) is 3.09. The number of hydrogen-bond acceptors (Lipinski definition) is 6. The predicted octanol–water partition coefficient (Wildman–Crippen LogP) is 5.49. The second-order valence-electron chi connectivity index (χ2n) is 6.05. The molecule has 0 fully saturated rings. The highest BCUT2D eigenvalue weighted by atomic mass is 35.5. The summed E-state index contributed by atoms with van der Waals surface area (Å²) in [6.45, 7) is 2.55. The maximum Gasteiger partial charge on any atom is 0.140 e. The van der Waals surface area contributed by atoms with E-state index >= 15 is 0 Å². The van der Waals surface area contributed by atoms with Crippen molar-refractivity contribution < 1.29 is 4.74 Å². The van der Waals surface area contributed by atoms with Gasteiger partial charge in [0.05, 0.1) is 28.3 Å². The monoisotopic (exact) mass is 396 g/mol. The number of anilines is 1. The zero-order valence-corrected chi connectivity index (χ0v) is 16.2. The fraction of sp³-hybridized carbons (Fsp3) is 0.150. The molecule has 1 N–H and O–H groups in total. The highest BCUT2D eigenvalue weighted by Crippen LogP contribution is 2.34. The molecule has 1 unspecified atom stereocenters. The zero-order chi connectivity index (χ0) is 18.6. The van der Waals surface area contributed by atoms with Crippen LogP contribution in [0, 0.1) is 0 Å². The summed E-state index contributed by atoms with van der Waals surface area (Å²) in [4.78, 5) is 14.0. The van der Waals surface area contributed by atoms with Gasteiger partial charge in [-0.15, -0.1) is 11.3 Å². The number of aromatic nitrogens is 3. The minimum Gasteiger partial charge on any atom is -0.487 e. The van der Waals surface area contributed by atoms with Gasteiger partial charge in [0.2, 0.25) is 0 Å². The third kappa shape index (κ3) is 4.02. The molecule has 0 spiro atoms. The van der Waals surface area contributed by atoms with Crippen LogP contribution in [0.4, 0.5) is 5.82 Å². The Labute approximate surface area is 166 Å². The van der Waals surface area contributed by atoms with Crippen molar-refractivity contribution in [3.8, 4) is 5.75 Å². The van der Waals surface area contributed by atoms with Gasteiger partial charge in [0.1, 0.15) is 29.3 Å². The van der Waals surface area contributed by atoms with Crippen LogP contribution in [0.3, 0.4) is 0 Å². The Morgan fingerprint density at radius 1 is 1.11 bits per heavy atom. The first-order valence-electron chi connectivity index (χ1n) is 8.47. The summed E-state index contributed by atoms with van der Waals surface area (Å²) in [6, 6.07) is 13.9. The number of nitrogens with zero attached hydrogens (tertiary/aromatic N) is 3. The van der Waals surface area contributed by atoms with Crippen LogP contribution >= 0.6 is 22.9 Å². The Morgan fingerprint density at radius 3 is 2.74 bits per heavy atom. The first-order valence-corrected chi connectivity index (χ1v) is 9.73. The molecule has 136 valence electrons. The molecule has 3 aromatic heterocycles. The number of halogens is 1. The Balaban J connectivity index is 1.44. The van der Waals surface area contributed by atoms with Gasteiger partial charge >= 0.3 is 0 Å². The third-order valence-corrected chi connectivity index (χ3v) is 5.44. The molecule has 1 aromatic carbocycles. The first-order chi connectivity index (χ1) is 13.2. The fourth-order valence-corrected chi connectivity index (χ4v) is 3.84. The number of fused-ring (bicyclic) bond motifs is 1. The van der Waals surface area contributed by atoms with Crippen molar-refractivity contribution in [1.82, 2.24) is 15.0 Å². The normalized spacial score (nSPS) is 12.1. The summed E-state index contributed by atoms with van der Waals surface area (Å²) in [7, 11) is 0. The molecule has 27 heavy (non-hydrogen) atoms. The predicted molar refractivity (Wildman–Crippen MR) is 109 cm³/mol. The largest absolute Gasteiger partial charge is 0.487 e. The lowest BCUT2D eigenvalue weighted by molar-refractivity contribution is 0.304. The molecular formula is C20H17ClN4OS. The minimum absolute atomic E-state index is 0.0396. The van der Waals surface area contributed by atoms with Crippen molar-refractivity contribution in [3.05, 3.63) is 76.6 Å². The van der Waals surface area contributed by atoms with Crippen molar-refractivity contribution in [2.24, 2.45) is 0 Å². The quantitative estimate of drug-likeness (QED) is 0.466. The van der Waals surface area contributed by atoms with E-state index in [0.717, 1.165) is 27.2 Å². The van der Waals surface area contributed by atoms with E-state index in [1.165, 1.54) is 17.7 Å². The Hall–Kier alpha value is -2.70. The van der Waals surface area contributed by atoms with E-state index in [1.54, 1.807) is 6.20 Å². The van der Waals surface area contributed by atoms with Crippen LogP contribution in [0.5, 0.6) is 5.75 Å². The van der Waals surface area contributed by atoms with Crippen LogP contribution in [0.2, 0.25) is 5.02 Å². The lowest BCUT2D eigenvalue weighted by atomic mass is 10.2. The Bertz CT molecular complexity index is 1040. The first kappa shape index (κ1) is 17.7. The van der Waals surface area contributed by atoms with E-state index in [1.807, 2.05) is 54.8 Å². The number of pyridine rings is 1. The molecule has 0 saturated carbocycles. The second-order valence-corrected chi connectivity index (χ2v) is 7.31. The van der Waals surface area contributed by atoms with Crippen LogP contribution in [-0.4, -0.2) is 15.0 Å². The molecule has 0 aliphatic carbocycles. The highest BCUT2D eigenvalue weighted by Gasteiger charge is 2.14. The zero-order valence-electron chi connectivity index (χ0n) is 14.6. The van der Waals surface area contributed by atoms with Gasteiger partial charge in [-0.2, -0.15) is 0 Å². The van der Waals surface area contributed by atoms with E-state index in [-0.39, 0.29) is 6.04 Å². The molecule has 3 heterocycles. The van der Waals surface area contributed by atoms with Crippen LogP contribution in [0.15, 0.2) is 60.4 Å². The molecule has 0 radical (unpaired) electrons. The molecule has 0 aliphatic heterocycles. The molecule has 0 amide bonds. The number of nitrogens with one attached hydrogen (secondary N) is 1. The molecular weight excluding hydrogens is 380 g/mol. The summed E-state index contributed by atoms with van der Waals surface area (Å²) in [6.07, 6.45) is 3.28. The summed E-state index contributed by atoms with van der Waals surface area (Å²) < 4.78 is 5.79. The van der Waals surface area contributed by atoms with Crippen LogP contribution in [0.25, 0.3) is 10.2 Å². The number of thiophene rings is 1. The molecule has 4 rings (SSSR count). The molecule has 1 atom stereocenters. The lowest BCUT2D eigenvalue weighted by Gasteiger charge is -2.15. The van der Waals surface area contributed by atoms with E-state index in [4.69, 9.17) is 16.3 Å². The third-order valence-electron chi connectivity index (χ3n) is 4.13. The van der Waals surface area contributed by atoms with Gasteiger partial charge in [0.25, 0.3) is 0 Å². The van der Waals surface area contributed by atoms with Gasteiger partial charge in [-0.05, 0) is 24.6 Å². The number of rotatable bonds is 6. The lowest BCUT2D eigenvalue weighted by Crippen LogP contribution is -2.10. The fourth-order valence-electron chi connectivity index (χ4n) is 2.70. The van der Waals surface area contributed by atoms with Crippen LogP contribution in [-0.2, 0) is 6.61 Å². The van der Waals surface area contributed by atoms with Gasteiger partial charge in [-0.3, -0.25) is 4.98 Å². The van der Waals surface area contributed by atoms with Gasteiger partial charge in [0.15, 0.2) is 0 Å². The number of benzene rings is 1. The van der Waals surface area contributed by atoms with Gasteiger partial charge < -0.3 is 10.1 Å². The molecule has 0 bridgehead atoms. The van der Waals surface area contributed by atoms with E-state index in [0.29, 0.717) is 17.4 Å². The molecule has 0 saturated heterocycles. The smallest absolute Gasteiger partial charge is 0.140 e. The van der Waals surface area contributed by atoms with E-state index in [2.05, 4.69) is 20.3 Å². The molecule has 0 aliphatic rings. The van der Waals surface area contributed by atoms with Crippen molar-refractivity contribution in [1.29, 1.82) is 0 Å². The van der Waals surface area contributed by atoms with Gasteiger partial charge in [-0.25, -0.2) is 9.97 Å². The SMILES string of the molecule is CC(Nc1ncnc2scc(Cl)c12)c1ccc(OCc2ccccc2)cn1. The highest BCUT2D eigenvalue weighted by molar-refractivity contribution is 7.17. The van der Waals surface area contributed by atoms with Crippen LogP contribution < -0.4 is 10.1 Å². The molecule has 4 aromatic rings. The Morgan fingerprint density at radius 2 is 1.96 bits per heavy atom. The number of hydrogen-bond donors (Lipinski definition) is 1. The van der Waals surface area contributed by atoms with E-state index in [9.17, 15) is 0 Å².